The minimum atomic E-state index is -0.156. The van der Waals surface area contributed by atoms with Gasteiger partial charge in [0.2, 0.25) is 0 Å². The number of carbonyl (C=O) groups is 1. The molecular formula is C23H27FN2O2. The Hall–Kier alpha value is -2.40. The second kappa shape index (κ2) is 7.92. The number of rotatable bonds is 6. The monoisotopic (exact) mass is 382 g/mol. The van der Waals surface area contributed by atoms with Gasteiger partial charge in [0.25, 0.3) is 5.91 Å². The number of fused-ring (bicyclic) bond motifs is 1. The lowest BCUT2D eigenvalue weighted by Crippen LogP contribution is -2.23. The van der Waals surface area contributed by atoms with Crippen LogP contribution in [0.3, 0.4) is 0 Å². The number of ether oxygens (including phenoxy) is 1. The number of likely N-dealkylation sites (tertiary alicyclic amines) is 1. The van der Waals surface area contributed by atoms with Gasteiger partial charge in [-0.05, 0) is 54.8 Å². The molecule has 148 valence electrons. The zero-order valence-electron chi connectivity index (χ0n) is 16.5. The van der Waals surface area contributed by atoms with E-state index in [9.17, 15) is 9.18 Å². The van der Waals surface area contributed by atoms with Gasteiger partial charge in [-0.2, -0.15) is 0 Å². The number of benzene rings is 2. The molecule has 5 heteroatoms. The number of aryl methyl sites for hydroxylation is 1. The van der Waals surface area contributed by atoms with E-state index in [0.29, 0.717) is 36.1 Å². The van der Waals surface area contributed by atoms with E-state index in [2.05, 4.69) is 17.1 Å². The Bertz CT molecular complexity index is 883. The van der Waals surface area contributed by atoms with Crippen LogP contribution in [0.15, 0.2) is 36.4 Å². The van der Waals surface area contributed by atoms with Gasteiger partial charge in [-0.25, -0.2) is 4.39 Å². The molecule has 2 atom stereocenters. The van der Waals surface area contributed by atoms with Crippen LogP contribution in [-0.2, 0) is 6.54 Å². The largest absolute Gasteiger partial charge is 0.493 e. The van der Waals surface area contributed by atoms with E-state index >= 15 is 0 Å². The molecule has 2 heterocycles. The summed E-state index contributed by atoms with van der Waals surface area (Å²) in [6.45, 7) is 8.19. The lowest BCUT2D eigenvalue weighted by Gasteiger charge is -2.20. The van der Waals surface area contributed by atoms with Gasteiger partial charge in [-0.15, -0.1) is 0 Å². The number of halogens is 1. The maximum Gasteiger partial charge on any atom is 0.252 e. The maximum absolute atomic E-state index is 13.7. The summed E-state index contributed by atoms with van der Waals surface area (Å²) in [5.41, 5.74) is 3.60. The molecule has 1 amide bonds. The summed E-state index contributed by atoms with van der Waals surface area (Å²) >= 11 is 0. The third kappa shape index (κ3) is 3.76. The Morgan fingerprint density at radius 3 is 2.86 bits per heavy atom. The van der Waals surface area contributed by atoms with Crippen molar-refractivity contribution < 1.29 is 13.9 Å². The summed E-state index contributed by atoms with van der Waals surface area (Å²) in [4.78, 5) is 14.4. The van der Waals surface area contributed by atoms with Gasteiger partial charge in [0.1, 0.15) is 11.6 Å². The van der Waals surface area contributed by atoms with Gasteiger partial charge in [0, 0.05) is 37.0 Å². The highest BCUT2D eigenvalue weighted by atomic mass is 19.1. The van der Waals surface area contributed by atoms with E-state index in [1.807, 2.05) is 37.3 Å². The minimum absolute atomic E-state index is 0.0323. The van der Waals surface area contributed by atoms with E-state index in [1.165, 1.54) is 5.56 Å². The molecule has 2 aliphatic rings. The molecular weight excluding hydrogens is 355 g/mol. The average Bonchev–Trinajstić information content (AvgIpc) is 3.26. The highest BCUT2D eigenvalue weighted by molar-refractivity contribution is 5.98. The molecule has 0 bridgehead atoms. The van der Waals surface area contributed by atoms with Gasteiger partial charge >= 0.3 is 0 Å². The molecule has 0 saturated carbocycles. The summed E-state index contributed by atoms with van der Waals surface area (Å²) in [5, 5.41) is 2.84. The Morgan fingerprint density at radius 2 is 2.07 bits per heavy atom. The molecule has 2 aromatic rings. The molecule has 0 radical (unpaired) electrons. The van der Waals surface area contributed by atoms with E-state index in [0.717, 1.165) is 37.4 Å². The van der Waals surface area contributed by atoms with Gasteiger partial charge in [0.05, 0.1) is 6.61 Å². The smallest absolute Gasteiger partial charge is 0.252 e. The molecule has 0 aliphatic carbocycles. The second-order valence-electron chi connectivity index (χ2n) is 7.95. The molecule has 1 saturated heterocycles. The molecule has 2 aliphatic heterocycles. The lowest BCUT2D eigenvalue weighted by atomic mass is 9.88. The van der Waals surface area contributed by atoms with Crippen LogP contribution in [-0.4, -0.2) is 37.0 Å². The van der Waals surface area contributed by atoms with Crippen LogP contribution >= 0.6 is 0 Å². The van der Waals surface area contributed by atoms with Crippen molar-refractivity contribution in [2.45, 2.75) is 32.7 Å². The Balaban J connectivity index is 1.50. The second-order valence-corrected chi connectivity index (χ2v) is 7.95. The van der Waals surface area contributed by atoms with Crippen LogP contribution in [0.2, 0.25) is 0 Å². The number of amides is 1. The number of carbonyl (C=O) groups excluding carboxylic acids is 1. The fourth-order valence-electron chi connectivity index (χ4n) is 4.39. The Morgan fingerprint density at radius 1 is 1.21 bits per heavy atom. The summed E-state index contributed by atoms with van der Waals surface area (Å²) in [5.74, 6) is 1.20. The highest BCUT2D eigenvalue weighted by Gasteiger charge is 2.34. The Kier molecular flexibility index (Phi) is 5.36. The summed E-state index contributed by atoms with van der Waals surface area (Å²) in [6.07, 6.45) is 1.11. The molecule has 0 spiro atoms. The van der Waals surface area contributed by atoms with E-state index in [4.69, 9.17) is 4.74 Å². The van der Waals surface area contributed by atoms with Crippen molar-refractivity contribution in [3.05, 3.63) is 64.5 Å². The molecule has 4 rings (SSSR count). The fourth-order valence-corrected chi connectivity index (χ4v) is 4.39. The first-order valence-corrected chi connectivity index (χ1v) is 10.1. The first-order valence-electron chi connectivity index (χ1n) is 10.1. The zero-order valence-corrected chi connectivity index (χ0v) is 16.5. The van der Waals surface area contributed by atoms with Gasteiger partial charge in [-0.3, -0.25) is 4.79 Å². The van der Waals surface area contributed by atoms with Crippen LogP contribution in [0.4, 0.5) is 4.39 Å². The molecule has 0 aromatic heterocycles. The third-order valence-corrected chi connectivity index (χ3v) is 5.90. The van der Waals surface area contributed by atoms with Gasteiger partial charge in [0.15, 0.2) is 0 Å². The third-order valence-electron chi connectivity index (χ3n) is 5.90. The van der Waals surface area contributed by atoms with Crippen molar-refractivity contribution in [1.29, 1.82) is 0 Å². The Labute approximate surface area is 165 Å². The van der Waals surface area contributed by atoms with Crippen LogP contribution in [0.1, 0.15) is 46.3 Å². The van der Waals surface area contributed by atoms with E-state index in [1.54, 1.807) is 6.07 Å². The quantitative estimate of drug-likeness (QED) is 0.824. The first kappa shape index (κ1) is 18.9. The number of nitrogens with one attached hydrogen (secondary N) is 1. The van der Waals surface area contributed by atoms with Crippen molar-refractivity contribution in [2.24, 2.45) is 5.92 Å². The molecule has 28 heavy (non-hydrogen) atoms. The number of hydrogen-bond donors (Lipinski definition) is 1. The van der Waals surface area contributed by atoms with Gasteiger partial charge < -0.3 is 15.0 Å². The topological polar surface area (TPSA) is 41.6 Å². The average molecular weight is 382 g/mol. The van der Waals surface area contributed by atoms with Crippen molar-refractivity contribution in [3.8, 4) is 5.75 Å². The highest BCUT2D eigenvalue weighted by Crippen LogP contribution is 2.34. The van der Waals surface area contributed by atoms with Crippen molar-refractivity contribution >= 4 is 5.91 Å². The normalized spacial score (nSPS) is 21.6. The summed E-state index contributed by atoms with van der Waals surface area (Å²) < 4.78 is 19.8. The molecule has 2 aromatic carbocycles. The lowest BCUT2D eigenvalue weighted by molar-refractivity contribution is 0.0965. The summed E-state index contributed by atoms with van der Waals surface area (Å²) in [6, 6.07) is 11.2. The van der Waals surface area contributed by atoms with Gasteiger partial charge in [-0.1, -0.05) is 25.1 Å². The molecule has 1 fully saturated rings. The molecule has 1 N–H and O–H groups in total. The predicted octanol–water partition coefficient (Wildman–Crippen LogP) is 3.88. The summed E-state index contributed by atoms with van der Waals surface area (Å²) in [7, 11) is 0. The van der Waals surface area contributed by atoms with Crippen molar-refractivity contribution in [2.75, 3.05) is 26.2 Å². The molecule has 0 unspecified atom stereocenters. The van der Waals surface area contributed by atoms with Crippen LogP contribution in [0.25, 0.3) is 0 Å². The first-order chi connectivity index (χ1) is 13.5. The minimum Gasteiger partial charge on any atom is -0.493 e. The fraction of sp³-hybridized carbons (Fsp3) is 0.435. The maximum atomic E-state index is 13.7. The predicted molar refractivity (Wildman–Crippen MR) is 107 cm³/mol. The SMILES string of the molecule is CCCN1C[C@H](COc2ccc3c(c2)C(=O)NC3)[C@H](c2ccc(F)c(C)c2)C1. The van der Waals surface area contributed by atoms with Crippen molar-refractivity contribution in [3.63, 3.8) is 0 Å². The van der Waals surface area contributed by atoms with Crippen LogP contribution in [0.5, 0.6) is 5.75 Å². The van der Waals surface area contributed by atoms with Crippen LogP contribution in [0, 0.1) is 18.7 Å². The zero-order chi connectivity index (χ0) is 19.7. The van der Waals surface area contributed by atoms with Crippen LogP contribution < -0.4 is 10.1 Å². The standard InChI is InChI=1S/C23H27FN2O2/c1-3-8-26-12-18(21(13-26)16-5-7-22(24)15(2)9-16)14-28-19-6-4-17-11-25-23(27)20(17)10-19/h4-7,9-10,18,21H,3,8,11-14H2,1-2H3,(H,25,27)/t18-,21+/m1/s1. The van der Waals surface area contributed by atoms with E-state index < -0.39 is 0 Å². The number of nitrogens with zero attached hydrogens (tertiary/aromatic N) is 1. The van der Waals surface area contributed by atoms with Crippen molar-refractivity contribution in [1.82, 2.24) is 10.2 Å². The number of hydrogen-bond acceptors (Lipinski definition) is 3. The molecule has 4 nitrogen and oxygen atoms in total. The van der Waals surface area contributed by atoms with E-state index in [-0.39, 0.29) is 11.7 Å².